The topological polar surface area (TPSA) is 69.6 Å². The first-order valence-electron chi connectivity index (χ1n) is 4.96. The molecule has 0 aliphatic rings. The third-order valence-electron chi connectivity index (χ3n) is 2.20. The van der Waals surface area contributed by atoms with Gasteiger partial charge >= 0.3 is 0 Å². The molecule has 5 nitrogen and oxygen atoms in total. The van der Waals surface area contributed by atoms with Gasteiger partial charge in [0.2, 0.25) is 0 Å². The summed E-state index contributed by atoms with van der Waals surface area (Å²) < 4.78 is 0. The van der Waals surface area contributed by atoms with E-state index >= 15 is 0 Å². The van der Waals surface area contributed by atoms with Crippen molar-refractivity contribution >= 4 is 11.6 Å². The molecular formula is C10H12ClN5. The van der Waals surface area contributed by atoms with E-state index in [1.54, 1.807) is 6.07 Å². The molecule has 0 aliphatic heterocycles. The Morgan fingerprint density at radius 1 is 1.44 bits per heavy atom. The van der Waals surface area contributed by atoms with Gasteiger partial charge < -0.3 is 5.73 Å². The third-order valence-corrected chi connectivity index (χ3v) is 2.43. The summed E-state index contributed by atoms with van der Waals surface area (Å²) >= 11 is 5.88. The molecule has 84 valence electrons. The van der Waals surface area contributed by atoms with Crippen molar-refractivity contribution in [3.05, 3.63) is 34.6 Å². The molecule has 16 heavy (non-hydrogen) atoms. The Labute approximate surface area is 98.2 Å². The van der Waals surface area contributed by atoms with Crippen molar-refractivity contribution in [2.45, 2.75) is 13.3 Å². The number of halogens is 1. The summed E-state index contributed by atoms with van der Waals surface area (Å²) in [6, 6.07) is 5.53. The van der Waals surface area contributed by atoms with E-state index < -0.39 is 0 Å². The fourth-order valence-electron chi connectivity index (χ4n) is 1.42. The van der Waals surface area contributed by atoms with Crippen molar-refractivity contribution in [2.24, 2.45) is 5.73 Å². The maximum absolute atomic E-state index is 5.88. The van der Waals surface area contributed by atoms with Crippen LogP contribution in [0.15, 0.2) is 18.2 Å². The van der Waals surface area contributed by atoms with Crippen LogP contribution >= 0.6 is 11.6 Å². The van der Waals surface area contributed by atoms with Crippen LogP contribution in [0.3, 0.4) is 0 Å². The van der Waals surface area contributed by atoms with Crippen LogP contribution in [-0.2, 0) is 6.42 Å². The maximum atomic E-state index is 5.88. The number of aryl methyl sites for hydroxylation is 1. The number of benzene rings is 1. The Hall–Kier alpha value is -1.46. The standard InChI is InChI=1S/C10H12ClN5/c1-7-6-8(11)2-3-9(7)16-14-10(4-5-12)13-15-16/h2-3,6H,4-5,12H2,1H3. The Bertz CT molecular complexity index is 494. The highest BCUT2D eigenvalue weighted by Gasteiger charge is 2.06. The van der Waals surface area contributed by atoms with Crippen molar-refractivity contribution in [1.29, 1.82) is 0 Å². The number of hydrogen-bond donors (Lipinski definition) is 1. The predicted octanol–water partition coefficient (Wildman–Crippen LogP) is 1.13. The van der Waals surface area contributed by atoms with E-state index in [1.807, 2.05) is 19.1 Å². The van der Waals surface area contributed by atoms with Gasteiger partial charge in [0.1, 0.15) is 0 Å². The van der Waals surface area contributed by atoms with Crippen LogP contribution in [0.25, 0.3) is 5.69 Å². The summed E-state index contributed by atoms with van der Waals surface area (Å²) in [6.07, 6.45) is 0.632. The van der Waals surface area contributed by atoms with E-state index in [-0.39, 0.29) is 0 Å². The van der Waals surface area contributed by atoms with E-state index in [4.69, 9.17) is 17.3 Å². The van der Waals surface area contributed by atoms with Gasteiger partial charge in [-0.15, -0.1) is 15.0 Å². The first kappa shape index (κ1) is 11.0. The Balaban J connectivity index is 2.35. The van der Waals surface area contributed by atoms with E-state index in [0.717, 1.165) is 11.3 Å². The van der Waals surface area contributed by atoms with Crippen molar-refractivity contribution < 1.29 is 0 Å². The van der Waals surface area contributed by atoms with Crippen molar-refractivity contribution in [1.82, 2.24) is 20.2 Å². The van der Waals surface area contributed by atoms with Gasteiger partial charge in [-0.25, -0.2) is 0 Å². The molecule has 0 aliphatic carbocycles. The highest BCUT2D eigenvalue weighted by Crippen LogP contribution is 2.17. The Morgan fingerprint density at radius 2 is 2.25 bits per heavy atom. The van der Waals surface area contributed by atoms with Crippen LogP contribution in [0.5, 0.6) is 0 Å². The summed E-state index contributed by atoms with van der Waals surface area (Å²) in [5.41, 5.74) is 7.30. The lowest BCUT2D eigenvalue weighted by atomic mass is 10.2. The van der Waals surface area contributed by atoms with Crippen LogP contribution in [0.4, 0.5) is 0 Å². The smallest absolute Gasteiger partial charge is 0.176 e. The molecule has 0 amide bonds. The van der Waals surface area contributed by atoms with Crippen LogP contribution < -0.4 is 5.73 Å². The molecule has 1 heterocycles. The molecule has 0 spiro atoms. The molecule has 0 bridgehead atoms. The molecule has 0 unspecified atom stereocenters. The monoisotopic (exact) mass is 237 g/mol. The molecule has 6 heteroatoms. The SMILES string of the molecule is Cc1cc(Cl)ccc1-n1nnc(CCN)n1. The minimum Gasteiger partial charge on any atom is -0.330 e. The third kappa shape index (κ3) is 2.20. The van der Waals surface area contributed by atoms with Crippen molar-refractivity contribution in [3.63, 3.8) is 0 Å². The predicted molar refractivity (Wildman–Crippen MR) is 61.7 cm³/mol. The van der Waals surface area contributed by atoms with Crippen molar-refractivity contribution in [3.8, 4) is 5.69 Å². The van der Waals surface area contributed by atoms with Gasteiger partial charge in [-0.05, 0) is 42.4 Å². The number of nitrogens with zero attached hydrogens (tertiary/aromatic N) is 4. The molecule has 2 aromatic rings. The molecule has 1 aromatic carbocycles. The number of nitrogens with two attached hydrogens (primary N) is 1. The fraction of sp³-hybridized carbons (Fsp3) is 0.300. The van der Waals surface area contributed by atoms with Gasteiger partial charge in [0.25, 0.3) is 0 Å². The number of hydrogen-bond acceptors (Lipinski definition) is 4. The molecular weight excluding hydrogens is 226 g/mol. The normalized spacial score (nSPS) is 10.7. The molecule has 0 radical (unpaired) electrons. The summed E-state index contributed by atoms with van der Waals surface area (Å²) in [5, 5.41) is 12.8. The minimum atomic E-state index is 0.519. The average molecular weight is 238 g/mol. The second-order valence-electron chi connectivity index (χ2n) is 3.46. The number of tetrazole rings is 1. The van der Waals surface area contributed by atoms with Gasteiger partial charge in [0.15, 0.2) is 5.82 Å². The van der Waals surface area contributed by atoms with Crippen molar-refractivity contribution in [2.75, 3.05) is 6.54 Å². The highest BCUT2D eigenvalue weighted by atomic mass is 35.5. The Morgan fingerprint density at radius 3 is 2.94 bits per heavy atom. The van der Waals surface area contributed by atoms with Crippen LogP contribution in [0.2, 0.25) is 5.02 Å². The summed E-state index contributed by atoms with van der Waals surface area (Å²) in [6.45, 7) is 2.47. The number of rotatable bonds is 3. The summed E-state index contributed by atoms with van der Waals surface area (Å²) in [5.74, 6) is 0.650. The zero-order chi connectivity index (χ0) is 11.5. The largest absolute Gasteiger partial charge is 0.330 e. The Kier molecular flexibility index (Phi) is 3.17. The summed E-state index contributed by atoms with van der Waals surface area (Å²) in [4.78, 5) is 1.50. The first-order valence-corrected chi connectivity index (χ1v) is 5.34. The zero-order valence-electron chi connectivity index (χ0n) is 8.89. The molecule has 2 rings (SSSR count). The lowest BCUT2D eigenvalue weighted by molar-refractivity contribution is 0.713. The lowest BCUT2D eigenvalue weighted by Crippen LogP contribution is -2.05. The van der Waals surface area contributed by atoms with Crippen LogP contribution in [-0.4, -0.2) is 26.8 Å². The quantitative estimate of drug-likeness (QED) is 0.869. The molecule has 2 N–H and O–H groups in total. The van der Waals surface area contributed by atoms with Gasteiger partial charge in [-0.1, -0.05) is 11.6 Å². The van der Waals surface area contributed by atoms with E-state index in [2.05, 4.69) is 15.4 Å². The molecule has 0 saturated carbocycles. The van der Waals surface area contributed by atoms with Gasteiger partial charge in [0.05, 0.1) is 5.69 Å². The lowest BCUT2D eigenvalue weighted by Gasteiger charge is -2.02. The second kappa shape index (κ2) is 4.59. The molecule has 0 fully saturated rings. The van der Waals surface area contributed by atoms with E-state index in [1.165, 1.54) is 4.80 Å². The maximum Gasteiger partial charge on any atom is 0.176 e. The van der Waals surface area contributed by atoms with Crippen LogP contribution in [0.1, 0.15) is 11.4 Å². The van der Waals surface area contributed by atoms with Crippen LogP contribution in [0, 0.1) is 6.92 Å². The zero-order valence-corrected chi connectivity index (χ0v) is 9.65. The van der Waals surface area contributed by atoms with Gasteiger partial charge in [0, 0.05) is 11.4 Å². The average Bonchev–Trinajstić information content (AvgIpc) is 2.67. The summed E-state index contributed by atoms with van der Waals surface area (Å²) in [7, 11) is 0. The second-order valence-corrected chi connectivity index (χ2v) is 3.90. The minimum absolute atomic E-state index is 0.519. The van der Waals surface area contributed by atoms with E-state index in [0.29, 0.717) is 23.8 Å². The van der Waals surface area contributed by atoms with Gasteiger partial charge in [-0.2, -0.15) is 0 Å². The van der Waals surface area contributed by atoms with Gasteiger partial charge in [-0.3, -0.25) is 0 Å². The number of aromatic nitrogens is 4. The molecule has 1 aromatic heterocycles. The molecule has 0 saturated heterocycles. The first-order chi connectivity index (χ1) is 7.70. The van der Waals surface area contributed by atoms with E-state index in [9.17, 15) is 0 Å². The highest BCUT2D eigenvalue weighted by molar-refractivity contribution is 6.30. The fourth-order valence-corrected chi connectivity index (χ4v) is 1.64. The molecule has 0 atom stereocenters.